The van der Waals surface area contributed by atoms with E-state index in [0.29, 0.717) is 29.7 Å². The molecule has 21 heavy (non-hydrogen) atoms. The normalized spacial score (nSPS) is 17.1. The summed E-state index contributed by atoms with van der Waals surface area (Å²) in [5, 5.41) is 0.576. The van der Waals surface area contributed by atoms with E-state index in [2.05, 4.69) is 6.07 Å². The lowest BCUT2D eigenvalue weighted by Crippen LogP contribution is -2.31. The van der Waals surface area contributed by atoms with Gasteiger partial charge in [0.1, 0.15) is 5.69 Å². The number of anilines is 1. The van der Waals surface area contributed by atoms with Crippen molar-refractivity contribution in [1.29, 1.82) is 0 Å². The number of benzene rings is 1. The Bertz CT molecular complexity index is 680. The maximum atomic E-state index is 12.8. The lowest BCUT2D eigenvalue weighted by molar-refractivity contribution is 0.0980. The molecule has 5 heteroatoms. The average molecular weight is 304 g/mol. The standard InChI is InChI=1S/C16H18ClN3O/c1-19-10-12(17)8-15(19)16(21)20-9-11(6-7-18)13-4-2-3-5-14(13)20/h2-5,8,10-11H,6-7,9,18H2,1H3. The van der Waals surface area contributed by atoms with Crippen molar-refractivity contribution in [3.8, 4) is 0 Å². The molecule has 1 aliphatic rings. The molecule has 4 nitrogen and oxygen atoms in total. The number of hydrogen-bond donors (Lipinski definition) is 1. The number of fused-ring (bicyclic) bond motifs is 1. The number of aromatic nitrogens is 1. The topological polar surface area (TPSA) is 51.3 Å². The van der Waals surface area contributed by atoms with Gasteiger partial charge in [-0.1, -0.05) is 29.8 Å². The first kappa shape index (κ1) is 14.2. The first-order chi connectivity index (χ1) is 10.1. The van der Waals surface area contributed by atoms with Crippen LogP contribution in [-0.4, -0.2) is 23.6 Å². The molecule has 0 aliphatic carbocycles. The van der Waals surface area contributed by atoms with Gasteiger partial charge in [-0.25, -0.2) is 0 Å². The van der Waals surface area contributed by atoms with Crippen molar-refractivity contribution in [2.45, 2.75) is 12.3 Å². The largest absolute Gasteiger partial charge is 0.345 e. The molecule has 3 rings (SSSR count). The highest BCUT2D eigenvalue weighted by molar-refractivity contribution is 6.31. The number of nitrogens with zero attached hydrogens (tertiary/aromatic N) is 2. The summed E-state index contributed by atoms with van der Waals surface area (Å²) in [6, 6.07) is 9.76. The number of rotatable bonds is 3. The van der Waals surface area contributed by atoms with E-state index in [1.165, 1.54) is 5.56 Å². The molecule has 1 aliphatic heterocycles. The van der Waals surface area contributed by atoms with Crippen LogP contribution < -0.4 is 10.6 Å². The molecule has 1 amide bonds. The Morgan fingerprint density at radius 1 is 1.43 bits per heavy atom. The fourth-order valence-corrected chi connectivity index (χ4v) is 3.26. The van der Waals surface area contributed by atoms with E-state index < -0.39 is 0 Å². The van der Waals surface area contributed by atoms with Crippen molar-refractivity contribution in [3.63, 3.8) is 0 Å². The van der Waals surface area contributed by atoms with Gasteiger partial charge in [0.15, 0.2) is 0 Å². The number of hydrogen-bond acceptors (Lipinski definition) is 2. The zero-order valence-corrected chi connectivity index (χ0v) is 12.7. The van der Waals surface area contributed by atoms with Gasteiger partial charge in [-0.15, -0.1) is 0 Å². The number of nitrogens with two attached hydrogens (primary N) is 1. The van der Waals surface area contributed by atoms with Crippen LogP contribution in [0.15, 0.2) is 36.5 Å². The summed E-state index contributed by atoms with van der Waals surface area (Å²) in [6.07, 6.45) is 2.63. The molecular weight excluding hydrogens is 286 g/mol. The first-order valence-electron chi connectivity index (χ1n) is 7.04. The molecule has 1 unspecified atom stereocenters. The molecular formula is C16H18ClN3O. The Morgan fingerprint density at radius 2 is 2.19 bits per heavy atom. The van der Waals surface area contributed by atoms with E-state index in [1.54, 1.807) is 16.8 Å². The van der Waals surface area contributed by atoms with Crippen molar-refractivity contribution >= 4 is 23.2 Å². The number of para-hydroxylation sites is 1. The molecule has 0 radical (unpaired) electrons. The Kier molecular flexibility index (Phi) is 3.74. The van der Waals surface area contributed by atoms with Crippen LogP contribution >= 0.6 is 11.6 Å². The van der Waals surface area contributed by atoms with Gasteiger partial charge in [-0.05, 0) is 30.7 Å². The molecule has 2 N–H and O–H groups in total. The summed E-state index contributed by atoms with van der Waals surface area (Å²) >= 11 is 5.99. The van der Waals surface area contributed by atoms with Gasteiger partial charge < -0.3 is 15.2 Å². The highest BCUT2D eigenvalue weighted by Gasteiger charge is 2.32. The highest BCUT2D eigenvalue weighted by atomic mass is 35.5. The molecule has 0 fully saturated rings. The molecule has 0 bridgehead atoms. The van der Waals surface area contributed by atoms with Gasteiger partial charge in [-0.2, -0.15) is 0 Å². The Hall–Kier alpha value is -1.78. The number of amides is 1. The van der Waals surface area contributed by atoms with Gasteiger partial charge in [0.05, 0.1) is 5.02 Å². The van der Waals surface area contributed by atoms with E-state index in [-0.39, 0.29) is 5.91 Å². The minimum absolute atomic E-state index is 0.0172. The summed E-state index contributed by atoms with van der Waals surface area (Å²) in [6.45, 7) is 1.30. The van der Waals surface area contributed by atoms with Crippen LogP contribution in [0, 0.1) is 0 Å². The SMILES string of the molecule is Cn1cc(Cl)cc1C(=O)N1CC(CCN)c2ccccc21. The van der Waals surface area contributed by atoms with Crippen LogP contribution in [0.1, 0.15) is 28.4 Å². The van der Waals surface area contributed by atoms with Crippen molar-refractivity contribution < 1.29 is 4.79 Å². The highest BCUT2D eigenvalue weighted by Crippen LogP contribution is 2.38. The van der Waals surface area contributed by atoms with E-state index >= 15 is 0 Å². The number of carbonyl (C=O) groups is 1. The molecule has 1 atom stereocenters. The molecule has 0 spiro atoms. The van der Waals surface area contributed by atoms with Gasteiger partial charge in [0.25, 0.3) is 5.91 Å². The Morgan fingerprint density at radius 3 is 2.86 bits per heavy atom. The van der Waals surface area contributed by atoms with Crippen LogP contribution in [0.4, 0.5) is 5.69 Å². The van der Waals surface area contributed by atoms with Crippen molar-refractivity contribution in [1.82, 2.24) is 4.57 Å². The van der Waals surface area contributed by atoms with Crippen LogP contribution in [-0.2, 0) is 7.05 Å². The predicted octanol–water partition coefficient (Wildman–Crippen LogP) is 2.77. The zero-order valence-electron chi connectivity index (χ0n) is 11.9. The second-order valence-corrected chi connectivity index (χ2v) is 5.84. The summed E-state index contributed by atoms with van der Waals surface area (Å²) in [5.74, 6) is 0.294. The van der Waals surface area contributed by atoms with Crippen molar-refractivity contribution in [3.05, 3.63) is 52.8 Å². The van der Waals surface area contributed by atoms with Crippen LogP contribution in [0.2, 0.25) is 5.02 Å². The lowest BCUT2D eigenvalue weighted by atomic mass is 9.98. The third-order valence-electron chi connectivity index (χ3n) is 4.02. The minimum Gasteiger partial charge on any atom is -0.345 e. The molecule has 1 aromatic heterocycles. The Labute approximate surface area is 129 Å². The second-order valence-electron chi connectivity index (χ2n) is 5.40. The summed E-state index contributed by atoms with van der Waals surface area (Å²) in [5.41, 5.74) is 8.49. The van der Waals surface area contributed by atoms with E-state index in [4.69, 9.17) is 17.3 Å². The second kappa shape index (κ2) is 5.54. The van der Waals surface area contributed by atoms with Crippen molar-refractivity contribution in [2.75, 3.05) is 18.0 Å². The average Bonchev–Trinajstić information content (AvgIpc) is 3.00. The summed E-state index contributed by atoms with van der Waals surface area (Å²) in [7, 11) is 1.83. The molecule has 110 valence electrons. The van der Waals surface area contributed by atoms with Gasteiger partial charge in [0, 0.05) is 31.4 Å². The third-order valence-corrected chi connectivity index (χ3v) is 4.23. The fraction of sp³-hybridized carbons (Fsp3) is 0.312. The molecule has 2 heterocycles. The number of halogens is 1. The van der Waals surface area contributed by atoms with E-state index in [9.17, 15) is 4.79 Å². The monoisotopic (exact) mass is 303 g/mol. The maximum absolute atomic E-state index is 12.8. The van der Waals surface area contributed by atoms with Gasteiger partial charge in [0.2, 0.25) is 0 Å². The molecule has 0 saturated carbocycles. The molecule has 1 aromatic carbocycles. The Balaban J connectivity index is 1.96. The third kappa shape index (κ3) is 2.45. The fourth-order valence-electron chi connectivity index (χ4n) is 3.01. The van der Waals surface area contributed by atoms with Crippen molar-refractivity contribution in [2.24, 2.45) is 12.8 Å². The maximum Gasteiger partial charge on any atom is 0.274 e. The zero-order chi connectivity index (χ0) is 15.0. The number of aryl methyl sites for hydroxylation is 1. The smallest absolute Gasteiger partial charge is 0.274 e. The quantitative estimate of drug-likeness (QED) is 0.948. The molecule has 2 aromatic rings. The van der Waals surface area contributed by atoms with Crippen LogP contribution in [0.5, 0.6) is 0 Å². The summed E-state index contributed by atoms with van der Waals surface area (Å²) in [4.78, 5) is 14.6. The van der Waals surface area contributed by atoms with E-state index in [0.717, 1.165) is 12.1 Å². The number of carbonyl (C=O) groups excluding carboxylic acids is 1. The van der Waals surface area contributed by atoms with Gasteiger partial charge in [-0.3, -0.25) is 4.79 Å². The van der Waals surface area contributed by atoms with Crippen LogP contribution in [0.25, 0.3) is 0 Å². The van der Waals surface area contributed by atoms with Crippen LogP contribution in [0.3, 0.4) is 0 Å². The van der Waals surface area contributed by atoms with Gasteiger partial charge >= 0.3 is 0 Å². The summed E-state index contributed by atoms with van der Waals surface area (Å²) < 4.78 is 1.77. The first-order valence-corrected chi connectivity index (χ1v) is 7.42. The lowest BCUT2D eigenvalue weighted by Gasteiger charge is -2.18. The minimum atomic E-state index is -0.0172. The predicted molar refractivity (Wildman–Crippen MR) is 85.0 cm³/mol. The van der Waals surface area contributed by atoms with E-state index in [1.807, 2.05) is 30.1 Å². The molecule has 0 saturated heterocycles.